The molecule has 0 aliphatic heterocycles. The molecule has 0 saturated carbocycles. The number of benzene rings is 2. The average molecular weight is 664 g/mol. The van der Waals surface area contributed by atoms with Crippen molar-refractivity contribution in [2.45, 2.75) is 78.1 Å². The highest BCUT2D eigenvalue weighted by molar-refractivity contribution is 5.98. The first-order valence-corrected chi connectivity index (χ1v) is 14.0. The number of aliphatic carboxylic acids is 1. The van der Waals surface area contributed by atoms with E-state index in [1.54, 1.807) is 32.9 Å². The van der Waals surface area contributed by atoms with E-state index in [2.05, 4.69) is 20.9 Å². The minimum absolute atomic E-state index is 0. The molecule has 0 saturated heterocycles. The van der Waals surface area contributed by atoms with Crippen LogP contribution in [0, 0.1) is 0 Å². The number of aromatic nitrogens is 2. The van der Waals surface area contributed by atoms with Crippen molar-refractivity contribution < 1.29 is 46.9 Å². The molecule has 3 rings (SSSR count). The topological polar surface area (TPSA) is 161 Å². The molecule has 2 atom stereocenters. The largest absolute Gasteiger partial charge is 0.479 e. The molecule has 3 amide bonds. The number of anilines is 1. The fraction of sp³-hybridized carbons (Fsp3) is 0.406. The van der Waals surface area contributed by atoms with Gasteiger partial charge in [-0.3, -0.25) is 9.59 Å². The number of alkyl carbamates (subject to hydrolysis) is 1. The van der Waals surface area contributed by atoms with Gasteiger partial charge in [-0.25, -0.2) is 14.6 Å². The van der Waals surface area contributed by atoms with E-state index in [4.69, 9.17) is 9.47 Å². The van der Waals surface area contributed by atoms with E-state index in [0.29, 0.717) is 0 Å². The number of ether oxygens (including phenoxy) is 2. The summed E-state index contributed by atoms with van der Waals surface area (Å²) in [5, 5.41) is 17.3. The maximum absolute atomic E-state index is 13.4. The van der Waals surface area contributed by atoms with Gasteiger partial charge in [0, 0.05) is 6.20 Å². The zero-order valence-electron chi connectivity index (χ0n) is 25.8. The summed E-state index contributed by atoms with van der Waals surface area (Å²) in [6.45, 7) is 7.64. The molecule has 1 heterocycles. The Hall–Kier alpha value is -4.92. The van der Waals surface area contributed by atoms with Crippen molar-refractivity contribution >= 4 is 29.7 Å². The summed E-state index contributed by atoms with van der Waals surface area (Å²) in [4.78, 5) is 55.0. The molecule has 0 aliphatic carbocycles. The third-order valence-corrected chi connectivity index (χ3v) is 6.34. The monoisotopic (exact) mass is 663 g/mol. The second-order valence-electron chi connectivity index (χ2n) is 11.8. The van der Waals surface area contributed by atoms with Gasteiger partial charge in [0.1, 0.15) is 17.2 Å². The van der Waals surface area contributed by atoms with Crippen LogP contribution in [-0.4, -0.2) is 62.3 Å². The quantitative estimate of drug-likeness (QED) is 0.207. The summed E-state index contributed by atoms with van der Waals surface area (Å²) >= 11 is 0. The highest BCUT2D eigenvalue weighted by Crippen LogP contribution is 2.31. The Labute approximate surface area is 270 Å². The number of alkyl halides is 3. The summed E-state index contributed by atoms with van der Waals surface area (Å²) in [6.07, 6.45) is -3.16. The third kappa shape index (κ3) is 11.4. The lowest BCUT2D eigenvalue weighted by molar-refractivity contribution is -0.139. The molecule has 2 unspecified atom stereocenters. The highest BCUT2D eigenvalue weighted by Gasteiger charge is 2.35. The van der Waals surface area contributed by atoms with Gasteiger partial charge in [-0.2, -0.15) is 13.2 Å². The summed E-state index contributed by atoms with van der Waals surface area (Å²) in [5.74, 6) is -2.99. The second-order valence-corrected chi connectivity index (χ2v) is 11.8. The van der Waals surface area contributed by atoms with Crippen molar-refractivity contribution in [1.82, 2.24) is 20.2 Å². The van der Waals surface area contributed by atoms with Crippen molar-refractivity contribution in [3.8, 4) is 0 Å². The van der Waals surface area contributed by atoms with Gasteiger partial charge in [0.2, 0.25) is 5.91 Å². The van der Waals surface area contributed by atoms with E-state index in [-0.39, 0.29) is 32.0 Å². The molecule has 1 aromatic heterocycles. The molecule has 0 fully saturated rings. The van der Waals surface area contributed by atoms with Crippen molar-refractivity contribution in [2.75, 3.05) is 11.9 Å². The number of hydrogen-bond donors (Lipinski definition) is 4. The van der Waals surface area contributed by atoms with Crippen LogP contribution in [0.15, 0.2) is 67.1 Å². The summed E-state index contributed by atoms with van der Waals surface area (Å²) in [7, 11) is 0. The Kier molecular flexibility index (Phi) is 12.7. The SMILES string of the molecule is C.CC(C)(C)OC(=O)NC(C)(C)C(=O)NC(COCc1ccccc1)C(=O)Nc1cn(C(C(=O)O)c2ccc(C(F)(F)F)cc2)cn1. The van der Waals surface area contributed by atoms with E-state index < -0.39 is 58.8 Å². The minimum Gasteiger partial charge on any atom is -0.479 e. The zero-order chi connectivity index (χ0) is 34.3. The van der Waals surface area contributed by atoms with Gasteiger partial charge in [0.05, 0.1) is 25.1 Å². The van der Waals surface area contributed by atoms with Crippen molar-refractivity contribution in [2.24, 2.45) is 0 Å². The Morgan fingerprint density at radius 3 is 2.13 bits per heavy atom. The standard InChI is InChI=1S/C31H36F3N5O7.CH4/c1-29(2,3)46-28(44)38-30(4,5)27(43)36-22(17-45-16-19-9-7-6-8-10-19)25(40)37-23-15-39(18-35-23)24(26(41)42)20-11-13-21(14-12-20)31(32,33)34;/h6-15,18,22,24H,16-17H2,1-5H3,(H,36,43)(H,37,40)(H,38,44)(H,41,42);1H4. The fourth-order valence-electron chi connectivity index (χ4n) is 4.06. The molecule has 2 aromatic carbocycles. The highest BCUT2D eigenvalue weighted by atomic mass is 19.4. The number of carbonyl (C=O) groups is 4. The van der Waals surface area contributed by atoms with Crippen LogP contribution in [0.4, 0.5) is 23.8 Å². The van der Waals surface area contributed by atoms with Gasteiger partial charge in [-0.05, 0) is 57.9 Å². The molecule has 0 radical (unpaired) electrons. The third-order valence-electron chi connectivity index (χ3n) is 6.34. The predicted octanol–water partition coefficient (Wildman–Crippen LogP) is 5.16. The lowest BCUT2D eigenvalue weighted by Gasteiger charge is -2.29. The van der Waals surface area contributed by atoms with Crippen LogP contribution in [0.2, 0.25) is 0 Å². The van der Waals surface area contributed by atoms with Gasteiger partial charge < -0.3 is 35.1 Å². The van der Waals surface area contributed by atoms with Crippen LogP contribution in [-0.2, 0) is 36.6 Å². The Balaban J connectivity index is 0.00000768. The maximum atomic E-state index is 13.4. The lowest BCUT2D eigenvalue weighted by Crippen LogP contribution is -2.59. The smallest absolute Gasteiger partial charge is 0.416 e. The number of halogens is 3. The molecular weight excluding hydrogens is 623 g/mol. The number of carbonyl (C=O) groups excluding carboxylic acids is 3. The number of nitrogens with zero attached hydrogens (tertiary/aromatic N) is 2. The van der Waals surface area contributed by atoms with Gasteiger partial charge in [-0.1, -0.05) is 49.9 Å². The lowest BCUT2D eigenvalue weighted by atomic mass is 10.0. The fourth-order valence-corrected chi connectivity index (χ4v) is 4.06. The van der Waals surface area contributed by atoms with Crippen LogP contribution in [0.5, 0.6) is 0 Å². The van der Waals surface area contributed by atoms with E-state index in [1.165, 1.54) is 20.0 Å². The normalized spacial score (nSPS) is 13.0. The van der Waals surface area contributed by atoms with Crippen LogP contribution in [0.1, 0.15) is 64.8 Å². The molecule has 4 N–H and O–H groups in total. The summed E-state index contributed by atoms with van der Waals surface area (Å²) < 4.78 is 51.0. The number of nitrogens with one attached hydrogen (secondary N) is 3. The van der Waals surface area contributed by atoms with Crippen LogP contribution < -0.4 is 16.0 Å². The minimum atomic E-state index is -4.60. The van der Waals surface area contributed by atoms with Crippen molar-refractivity contribution in [3.63, 3.8) is 0 Å². The molecule has 47 heavy (non-hydrogen) atoms. The van der Waals surface area contributed by atoms with E-state index in [9.17, 15) is 37.5 Å². The van der Waals surface area contributed by atoms with E-state index in [1.807, 2.05) is 18.2 Å². The summed E-state index contributed by atoms with van der Waals surface area (Å²) in [5.41, 5.74) is -2.43. The van der Waals surface area contributed by atoms with Crippen LogP contribution >= 0.6 is 0 Å². The average Bonchev–Trinajstić information content (AvgIpc) is 3.38. The second kappa shape index (κ2) is 15.6. The zero-order valence-corrected chi connectivity index (χ0v) is 25.8. The first-order chi connectivity index (χ1) is 21.4. The number of rotatable bonds is 12. The van der Waals surface area contributed by atoms with Crippen molar-refractivity contribution in [1.29, 1.82) is 0 Å². The number of amides is 3. The Morgan fingerprint density at radius 2 is 1.57 bits per heavy atom. The predicted molar refractivity (Wildman–Crippen MR) is 166 cm³/mol. The molecule has 256 valence electrons. The molecule has 0 bridgehead atoms. The number of imidazole rings is 1. The van der Waals surface area contributed by atoms with Gasteiger partial charge in [-0.15, -0.1) is 0 Å². The van der Waals surface area contributed by atoms with Gasteiger partial charge >= 0.3 is 18.2 Å². The van der Waals surface area contributed by atoms with Gasteiger partial charge in [0.25, 0.3) is 5.91 Å². The molecule has 12 nitrogen and oxygen atoms in total. The Morgan fingerprint density at radius 1 is 0.957 bits per heavy atom. The molecule has 15 heteroatoms. The number of carboxylic acids is 1. The first-order valence-electron chi connectivity index (χ1n) is 14.0. The molecular formula is C32H40F3N5O7. The van der Waals surface area contributed by atoms with E-state index >= 15 is 0 Å². The molecule has 0 aliphatic rings. The summed E-state index contributed by atoms with van der Waals surface area (Å²) in [6, 6.07) is 9.93. The number of carboxylic acid groups (broad SMARTS) is 1. The first kappa shape index (κ1) is 38.3. The molecule has 3 aromatic rings. The van der Waals surface area contributed by atoms with E-state index in [0.717, 1.165) is 40.7 Å². The number of hydrogen-bond acceptors (Lipinski definition) is 7. The van der Waals surface area contributed by atoms with Crippen molar-refractivity contribution in [3.05, 3.63) is 83.8 Å². The molecule has 0 spiro atoms. The Bertz CT molecular complexity index is 1520. The van der Waals surface area contributed by atoms with Gasteiger partial charge in [0.15, 0.2) is 11.9 Å². The van der Waals surface area contributed by atoms with Crippen LogP contribution in [0.25, 0.3) is 0 Å². The maximum Gasteiger partial charge on any atom is 0.416 e. The van der Waals surface area contributed by atoms with Crippen LogP contribution in [0.3, 0.4) is 0 Å².